The standard InChI is InChI=1S/C6H5ClN4O2/c7-5-10-4-3(8-2-9-4)1-11(5)6(12)13/h1-2,6,12-13H. The summed E-state index contributed by atoms with van der Waals surface area (Å²) < 4.78 is 0.971. The second kappa shape index (κ2) is 2.91. The first-order valence-corrected chi connectivity index (χ1v) is 3.77. The Balaban J connectivity index is 2.64. The highest BCUT2D eigenvalue weighted by atomic mass is 35.5. The van der Waals surface area contributed by atoms with Crippen LogP contribution >= 0.6 is 11.6 Å². The number of imidazole rings is 1. The molecular weight excluding hydrogens is 196 g/mol. The molecule has 0 aromatic carbocycles. The van der Waals surface area contributed by atoms with Crippen molar-refractivity contribution in [2.75, 3.05) is 0 Å². The number of aromatic nitrogens is 4. The van der Waals surface area contributed by atoms with E-state index in [2.05, 4.69) is 15.0 Å². The van der Waals surface area contributed by atoms with Crippen LogP contribution in [-0.2, 0) is 0 Å². The molecule has 0 aromatic heterocycles. The largest absolute Gasteiger partial charge is 0.351 e. The van der Waals surface area contributed by atoms with Crippen LogP contribution in [0.2, 0.25) is 5.28 Å². The molecule has 0 unspecified atom stereocenters. The number of aliphatic hydroxyl groups excluding tert-OH is 1. The van der Waals surface area contributed by atoms with Gasteiger partial charge in [-0.1, -0.05) is 0 Å². The van der Waals surface area contributed by atoms with Crippen LogP contribution in [-0.4, -0.2) is 29.7 Å². The molecule has 2 heterocycles. The summed E-state index contributed by atoms with van der Waals surface area (Å²) >= 11 is 5.62. The maximum Gasteiger partial charge on any atom is 0.241 e. The van der Waals surface area contributed by atoms with E-state index < -0.39 is 6.41 Å². The van der Waals surface area contributed by atoms with Crippen LogP contribution in [0.1, 0.15) is 6.41 Å². The zero-order valence-corrected chi connectivity index (χ0v) is 7.05. The van der Waals surface area contributed by atoms with Crippen LogP contribution in [0.5, 0.6) is 0 Å². The number of hydrogen-bond donors (Lipinski definition) is 2. The summed E-state index contributed by atoms with van der Waals surface area (Å²) in [5.74, 6) is 0.377. The quantitative estimate of drug-likeness (QED) is 0.495. The summed E-state index contributed by atoms with van der Waals surface area (Å²) in [7, 11) is 0. The molecule has 0 amide bonds. The van der Waals surface area contributed by atoms with E-state index in [9.17, 15) is 0 Å². The Labute approximate surface area is 77.8 Å². The molecule has 2 aliphatic rings. The van der Waals surface area contributed by atoms with E-state index in [-0.39, 0.29) is 5.28 Å². The SMILES string of the molecule is OC(O)n1cc2ncnc-2nc1Cl. The molecule has 2 aliphatic heterocycles. The fourth-order valence-electron chi connectivity index (χ4n) is 0.939. The first-order chi connectivity index (χ1) is 6.18. The summed E-state index contributed by atoms with van der Waals surface area (Å²) in [6.07, 6.45) is 0.964. The lowest BCUT2D eigenvalue weighted by atomic mass is 10.4. The molecule has 68 valence electrons. The maximum absolute atomic E-state index is 8.85. The number of nitrogens with zero attached hydrogens (tertiary/aromatic N) is 4. The zero-order chi connectivity index (χ0) is 9.42. The predicted molar refractivity (Wildman–Crippen MR) is 42.9 cm³/mol. The Kier molecular flexibility index (Phi) is 1.87. The van der Waals surface area contributed by atoms with Gasteiger partial charge in [0.25, 0.3) is 0 Å². The van der Waals surface area contributed by atoms with E-state index in [1.807, 2.05) is 0 Å². The Bertz CT molecular complexity index is 402. The van der Waals surface area contributed by atoms with Gasteiger partial charge in [0.15, 0.2) is 5.82 Å². The molecular formula is C6H5ClN4O2. The number of halogens is 1. The fourth-order valence-corrected chi connectivity index (χ4v) is 1.16. The molecule has 6 nitrogen and oxygen atoms in total. The molecule has 0 radical (unpaired) electrons. The average Bonchev–Trinajstić information content (AvgIpc) is 2.48. The van der Waals surface area contributed by atoms with Gasteiger partial charge in [-0.15, -0.1) is 0 Å². The Hall–Kier alpha value is -1.24. The second-order valence-corrected chi connectivity index (χ2v) is 2.68. The minimum absolute atomic E-state index is 0.0528. The van der Waals surface area contributed by atoms with Gasteiger partial charge in [-0.05, 0) is 11.6 Å². The van der Waals surface area contributed by atoms with Gasteiger partial charge < -0.3 is 10.2 Å². The van der Waals surface area contributed by atoms with Crippen LogP contribution < -0.4 is 0 Å². The van der Waals surface area contributed by atoms with Gasteiger partial charge in [-0.2, -0.15) is 4.98 Å². The van der Waals surface area contributed by atoms with Gasteiger partial charge in [-0.3, -0.25) is 4.57 Å². The normalized spacial score (nSPS) is 11.4. The molecule has 2 rings (SSSR count). The molecule has 7 heteroatoms. The average molecular weight is 201 g/mol. The van der Waals surface area contributed by atoms with Gasteiger partial charge in [0, 0.05) is 6.20 Å². The van der Waals surface area contributed by atoms with Crippen LogP contribution in [0.4, 0.5) is 0 Å². The Morgan fingerprint density at radius 2 is 2.15 bits per heavy atom. The van der Waals surface area contributed by atoms with E-state index >= 15 is 0 Å². The van der Waals surface area contributed by atoms with E-state index in [1.54, 1.807) is 0 Å². The van der Waals surface area contributed by atoms with Crippen molar-refractivity contribution in [2.24, 2.45) is 0 Å². The van der Waals surface area contributed by atoms with Gasteiger partial charge >= 0.3 is 0 Å². The molecule has 2 N–H and O–H groups in total. The smallest absolute Gasteiger partial charge is 0.241 e. The van der Waals surface area contributed by atoms with Crippen molar-refractivity contribution in [1.29, 1.82) is 0 Å². The van der Waals surface area contributed by atoms with Crippen LogP contribution in [0.3, 0.4) is 0 Å². The van der Waals surface area contributed by atoms with E-state index in [1.165, 1.54) is 12.5 Å². The number of hydrogen-bond acceptors (Lipinski definition) is 5. The number of aliphatic hydroxyl groups is 2. The van der Waals surface area contributed by atoms with Crippen molar-refractivity contribution in [3.63, 3.8) is 0 Å². The third kappa shape index (κ3) is 1.35. The van der Waals surface area contributed by atoms with Crippen molar-refractivity contribution in [2.45, 2.75) is 6.41 Å². The van der Waals surface area contributed by atoms with Crippen molar-refractivity contribution < 1.29 is 10.2 Å². The third-order valence-corrected chi connectivity index (χ3v) is 1.81. The minimum Gasteiger partial charge on any atom is -0.351 e. The Morgan fingerprint density at radius 1 is 1.38 bits per heavy atom. The monoisotopic (exact) mass is 200 g/mol. The van der Waals surface area contributed by atoms with Crippen LogP contribution in [0.15, 0.2) is 12.5 Å². The lowest BCUT2D eigenvalue weighted by molar-refractivity contribution is -0.103. The van der Waals surface area contributed by atoms with E-state index in [4.69, 9.17) is 21.8 Å². The highest BCUT2D eigenvalue weighted by molar-refractivity contribution is 6.28. The highest BCUT2D eigenvalue weighted by Crippen LogP contribution is 2.19. The van der Waals surface area contributed by atoms with E-state index in [0.717, 1.165) is 4.57 Å². The first kappa shape index (κ1) is 8.36. The first-order valence-electron chi connectivity index (χ1n) is 3.39. The van der Waals surface area contributed by atoms with E-state index in [0.29, 0.717) is 11.5 Å². The zero-order valence-electron chi connectivity index (χ0n) is 6.29. The summed E-state index contributed by atoms with van der Waals surface area (Å²) in [5, 5.41) is 17.6. The summed E-state index contributed by atoms with van der Waals surface area (Å²) in [6.45, 7) is 0. The Morgan fingerprint density at radius 3 is 2.85 bits per heavy atom. The van der Waals surface area contributed by atoms with Gasteiger partial charge in [0.1, 0.15) is 12.0 Å². The van der Waals surface area contributed by atoms with Crippen molar-refractivity contribution in [3.05, 3.63) is 17.8 Å². The molecule has 0 aliphatic carbocycles. The molecule has 0 saturated heterocycles. The second-order valence-electron chi connectivity index (χ2n) is 2.35. The lowest BCUT2D eigenvalue weighted by Crippen LogP contribution is -2.10. The van der Waals surface area contributed by atoms with Gasteiger partial charge in [0.2, 0.25) is 11.7 Å². The van der Waals surface area contributed by atoms with Gasteiger partial charge in [0.05, 0.1) is 0 Å². The number of rotatable bonds is 1. The molecule has 0 atom stereocenters. The fraction of sp³-hybridized carbons (Fsp3) is 0.167. The topological polar surface area (TPSA) is 84.1 Å². The third-order valence-electron chi connectivity index (χ3n) is 1.53. The van der Waals surface area contributed by atoms with Crippen molar-refractivity contribution >= 4 is 11.6 Å². The molecule has 13 heavy (non-hydrogen) atoms. The van der Waals surface area contributed by atoms with Crippen molar-refractivity contribution in [1.82, 2.24) is 19.5 Å². The van der Waals surface area contributed by atoms with Crippen LogP contribution in [0.25, 0.3) is 11.5 Å². The molecule has 0 fully saturated rings. The minimum atomic E-state index is -1.72. The highest BCUT2D eigenvalue weighted by Gasteiger charge is 2.13. The molecule has 0 bridgehead atoms. The maximum atomic E-state index is 8.85. The van der Waals surface area contributed by atoms with Crippen LogP contribution in [0, 0.1) is 0 Å². The number of fused-ring (bicyclic) bond motifs is 1. The summed E-state index contributed by atoms with van der Waals surface area (Å²) in [6, 6.07) is 0. The van der Waals surface area contributed by atoms with Crippen molar-refractivity contribution in [3.8, 4) is 11.5 Å². The molecule has 0 aromatic rings. The summed E-state index contributed by atoms with van der Waals surface area (Å²) in [5.41, 5.74) is 0.456. The predicted octanol–water partition coefficient (Wildman–Crippen LogP) is -0.128. The lowest BCUT2D eigenvalue weighted by Gasteiger charge is -2.10. The summed E-state index contributed by atoms with van der Waals surface area (Å²) in [4.78, 5) is 11.4. The molecule has 0 saturated carbocycles. The van der Waals surface area contributed by atoms with Gasteiger partial charge in [-0.25, -0.2) is 9.97 Å². The molecule has 0 spiro atoms.